The quantitative estimate of drug-likeness (QED) is 0.891. The zero-order valence-electron chi connectivity index (χ0n) is 10.8. The number of hydrogen-bond donors (Lipinski definition) is 1. The third-order valence-electron chi connectivity index (χ3n) is 3.08. The van der Waals surface area contributed by atoms with E-state index in [9.17, 15) is 12.8 Å². The molecule has 1 aliphatic heterocycles. The molecule has 0 bridgehead atoms. The van der Waals surface area contributed by atoms with Gasteiger partial charge in [-0.1, -0.05) is 0 Å². The van der Waals surface area contributed by atoms with Gasteiger partial charge in [-0.3, -0.25) is 4.31 Å². The van der Waals surface area contributed by atoms with E-state index in [1.807, 2.05) is 0 Å². The van der Waals surface area contributed by atoms with Crippen molar-refractivity contribution in [1.82, 2.24) is 9.62 Å². The summed E-state index contributed by atoms with van der Waals surface area (Å²) in [6.07, 6.45) is 0. The molecule has 1 aliphatic rings. The minimum atomic E-state index is -3.54. The number of anilines is 1. The largest absolute Gasteiger partial charge is 0.314 e. The predicted molar refractivity (Wildman–Crippen MR) is 72.8 cm³/mol. The van der Waals surface area contributed by atoms with E-state index < -0.39 is 10.2 Å². The standard InChI is InChI=1S/C12H18FN3O2S/c1-2-16(12-5-3-11(13)4-6-12)19(17,18)15-9-7-14-8-10-15/h3-6,14H,2,7-10H2,1H3. The first kappa shape index (κ1) is 14.2. The Labute approximate surface area is 113 Å². The van der Waals surface area contributed by atoms with Crippen molar-refractivity contribution >= 4 is 15.9 Å². The van der Waals surface area contributed by atoms with E-state index in [0.717, 1.165) is 0 Å². The minimum absolute atomic E-state index is 0.317. The predicted octanol–water partition coefficient (Wildman–Crippen LogP) is 0.802. The van der Waals surface area contributed by atoms with Crippen molar-refractivity contribution in [2.45, 2.75) is 6.92 Å². The summed E-state index contributed by atoms with van der Waals surface area (Å²) in [4.78, 5) is 0. The molecular formula is C12H18FN3O2S. The lowest BCUT2D eigenvalue weighted by Crippen LogP contribution is -2.51. The molecule has 5 nitrogen and oxygen atoms in total. The van der Waals surface area contributed by atoms with E-state index in [-0.39, 0.29) is 5.82 Å². The van der Waals surface area contributed by atoms with Crippen LogP contribution in [0.25, 0.3) is 0 Å². The van der Waals surface area contributed by atoms with E-state index in [1.54, 1.807) is 6.92 Å². The van der Waals surface area contributed by atoms with Crippen LogP contribution in [0.15, 0.2) is 24.3 Å². The molecule has 1 fully saturated rings. The Balaban J connectivity index is 2.27. The molecule has 0 spiro atoms. The fraction of sp³-hybridized carbons (Fsp3) is 0.500. The van der Waals surface area contributed by atoms with Crippen molar-refractivity contribution in [1.29, 1.82) is 0 Å². The summed E-state index contributed by atoms with van der Waals surface area (Å²) in [6, 6.07) is 5.51. The summed E-state index contributed by atoms with van der Waals surface area (Å²) in [7, 11) is -3.54. The van der Waals surface area contributed by atoms with Crippen LogP contribution in [0.1, 0.15) is 6.92 Å². The summed E-state index contributed by atoms with van der Waals surface area (Å²) in [5.74, 6) is -0.376. The molecule has 1 N–H and O–H groups in total. The Kier molecular flexibility index (Phi) is 4.38. The number of rotatable bonds is 4. The van der Waals surface area contributed by atoms with Gasteiger partial charge in [0.2, 0.25) is 0 Å². The molecular weight excluding hydrogens is 269 g/mol. The Morgan fingerprint density at radius 2 is 1.84 bits per heavy atom. The number of benzene rings is 1. The van der Waals surface area contributed by atoms with Crippen LogP contribution in [0.4, 0.5) is 10.1 Å². The molecule has 19 heavy (non-hydrogen) atoms. The monoisotopic (exact) mass is 287 g/mol. The van der Waals surface area contributed by atoms with Gasteiger partial charge in [-0.05, 0) is 31.2 Å². The van der Waals surface area contributed by atoms with Crippen LogP contribution < -0.4 is 9.62 Å². The van der Waals surface area contributed by atoms with Crippen molar-refractivity contribution in [3.8, 4) is 0 Å². The first-order valence-corrected chi connectivity index (χ1v) is 7.69. The van der Waals surface area contributed by atoms with E-state index >= 15 is 0 Å². The number of halogens is 1. The molecule has 0 atom stereocenters. The summed E-state index contributed by atoms with van der Waals surface area (Å²) in [5.41, 5.74) is 0.488. The Morgan fingerprint density at radius 3 is 2.37 bits per heavy atom. The van der Waals surface area contributed by atoms with Crippen molar-refractivity contribution in [2.75, 3.05) is 37.0 Å². The van der Waals surface area contributed by atoms with Crippen LogP contribution in [0, 0.1) is 5.82 Å². The van der Waals surface area contributed by atoms with E-state index in [1.165, 1.54) is 32.9 Å². The topological polar surface area (TPSA) is 52.7 Å². The lowest BCUT2D eigenvalue weighted by Gasteiger charge is -2.33. The van der Waals surface area contributed by atoms with Gasteiger partial charge in [-0.15, -0.1) is 0 Å². The highest BCUT2D eigenvalue weighted by Gasteiger charge is 2.29. The van der Waals surface area contributed by atoms with Gasteiger partial charge < -0.3 is 5.32 Å². The number of hydrogen-bond acceptors (Lipinski definition) is 3. The lowest BCUT2D eigenvalue weighted by atomic mass is 10.3. The van der Waals surface area contributed by atoms with Crippen LogP contribution in [-0.4, -0.2) is 45.4 Å². The second kappa shape index (κ2) is 5.85. The van der Waals surface area contributed by atoms with Crippen LogP contribution >= 0.6 is 0 Å². The van der Waals surface area contributed by atoms with Gasteiger partial charge in [0.05, 0.1) is 5.69 Å². The average Bonchev–Trinajstić information content (AvgIpc) is 2.42. The first-order valence-electron chi connectivity index (χ1n) is 6.30. The maximum absolute atomic E-state index is 12.9. The summed E-state index contributed by atoms with van der Waals surface area (Å²) in [6.45, 7) is 4.31. The Morgan fingerprint density at radius 1 is 1.26 bits per heavy atom. The van der Waals surface area contributed by atoms with E-state index in [2.05, 4.69) is 5.32 Å². The normalized spacial score (nSPS) is 17.4. The van der Waals surface area contributed by atoms with Crippen LogP contribution in [0.2, 0.25) is 0 Å². The third kappa shape index (κ3) is 3.05. The van der Waals surface area contributed by atoms with Gasteiger partial charge >= 0.3 is 10.2 Å². The average molecular weight is 287 g/mol. The number of piperazine rings is 1. The summed E-state index contributed by atoms with van der Waals surface area (Å²) in [5, 5.41) is 3.12. The maximum Gasteiger partial charge on any atom is 0.304 e. The second-order valence-corrected chi connectivity index (χ2v) is 6.15. The van der Waals surface area contributed by atoms with Crippen LogP contribution in [-0.2, 0) is 10.2 Å². The number of nitrogens with one attached hydrogen (secondary N) is 1. The molecule has 0 saturated carbocycles. The van der Waals surface area contributed by atoms with Crippen molar-refractivity contribution in [3.05, 3.63) is 30.1 Å². The smallest absolute Gasteiger partial charge is 0.304 e. The van der Waals surface area contributed by atoms with Crippen molar-refractivity contribution < 1.29 is 12.8 Å². The second-order valence-electron chi connectivity index (χ2n) is 4.30. The molecule has 106 valence electrons. The zero-order valence-corrected chi connectivity index (χ0v) is 11.7. The Hall–Kier alpha value is -1.18. The molecule has 0 radical (unpaired) electrons. The highest BCUT2D eigenvalue weighted by Crippen LogP contribution is 2.20. The van der Waals surface area contributed by atoms with Crippen LogP contribution in [0.3, 0.4) is 0 Å². The molecule has 0 amide bonds. The molecule has 1 aromatic carbocycles. The SMILES string of the molecule is CCN(c1ccc(F)cc1)S(=O)(=O)N1CCNCC1. The fourth-order valence-corrected chi connectivity index (χ4v) is 3.74. The highest BCUT2D eigenvalue weighted by molar-refractivity contribution is 7.90. The minimum Gasteiger partial charge on any atom is -0.314 e. The summed E-state index contributed by atoms with van der Waals surface area (Å²) < 4.78 is 40.7. The lowest BCUT2D eigenvalue weighted by molar-refractivity contribution is 0.359. The zero-order chi connectivity index (χ0) is 13.9. The number of nitrogens with zero attached hydrogens (tertiary/aromatic N) is 2. The summed E-state index contributed by atoms with van der Waals surface area (Å²) >= 11 is 0. The first-order chi connectivity index (χ1) is 9.05. The van der Waals surface area contributed by atoms with E-state index in [0.29, 0.717) is 38.4 Å². The molecule has 2 rings (SSSR count). The molecule has 1 saturated heterocycles. The van der Waals surface area contributed by atoms with Gasteiger partial charge in [-0.25, -0.2) is 4.39 Å². The van der Waals surface area contributed by atoms with E-state index in [4.69, 9.17) is 0 Å². The molecule has 0 aliphatic carbocycles. The molecule has 1 aromatic rings. The van der Waals surface area contributed by atoms with Gasteiger partial charge in [0.1, 0.15) is 5.82 Å². The molecule has 0 aromatic heterocycles. The van der Waals surface area contributed by atoms with Gasteiger partial charge in [0.15, 0.2) is 0 Å². The molecule has 7 heteroatoms. The van der Waals surface area contributed by atoms with Crippen molar-refractivity contribution in [2.24, 2.45) is 0 Å². The van der Waals surface area contributed by atoms with Gasteiger partial charge in [-0.2, -0.15) is 12.7 Å². The van der Waals surface area contributed by atoms with Gasteiger partial charge in [0, 0.05) is 32.7 Å². The van der Waals surface area contributed by atoms with Gasteiger partial charge in [0.25, 0.3) is 0 Å². The Bertz CT molecular complexity index is 512. The molecule has 0 unspecified atom stereocenters. The maximum atomic E-state index is 12.9. The third-order valence-corrected chi connectivity index (χ3v) is 5.13. The highest BCUT2D eigenvalue weighted by atomic mass is 32.2. The molecule has 1 heterocycles. The fourth-order valence-electron chi connectivity index (χ4n) is 2.10. The van der Waals surface area contributed by atoms with Crippen LogP contribution in [0.5, 0.6) is 0 Å². The van der Waals surface area contributed by atoms with Crippen molar-refractivity contribution in [3.63, 3.8) is 0 Å².